The van der Waals surface area contributed by atoms with Gasteiger partial charge in [0.05, 0.1) is 5.88 Å². The molecule has 0 aliphatic carbocycles. The molecule has 0 aromatic heterocycles. The van der Waals surface area contributed by atoms with E-state index in [1.54, 1.807) is 29.2 Å². The molecule has 1 aromatic carbocycles. The zero-order chi connectivity index (χ0) is 15.6. The zero-order valence-corrected chi connectivity index (χ0v) is 13.1. The summed E-state index contributed by atoms with van der Waals surface area (Å²) in [5, 5.41) is 2.67. The van der Waals surface area contributed by atoms with Crippen LogP contribution in [0.25, 0.3) is 0 Å². The van der Waals surface area contributed by atoms with Gasteiger partial charge in [0.25, 0.3) is 5.91 Å². The molecule has 114 valence electrons. The molecule has 3 N–H and O–H groups in total. The number of hydrogen-bond acceptors (Lipinski definition) is 5. The van der Waals surface area contributed by atoms with Gasteiger partial charge in [0.15, 0.2) is 0 Å². The lowest BCUT2D eigenvalue weighted by Gasteiger charge is -2.21. The van der Waals surface area contributed by atoms with E-state index in [0.29, 0.717) is 17.3 Å². The zero-order valence-electron chi connectivity index (χ0n) is 12.3. The maximum atomic E-state index is 12.3. The van der Waals surface area contributed by atoms with Gasteiger partial charge in [0.1, 0.15) is 0 Å². The van der Waals surface area contributed by atoms with Gasteiger partial charge in [-0.05, 0) is 39.0 Å². The summed E-state index contributed by atoms with van der Waals surface area (Å²) in [6.45, 7) is 5.53. The first-order valence-electron chi connectivity index (χ1n) is 6.53. The quantitative estimate of drug-likeness (QED) is 0.818. The number of alkyl carbamates (subject to hydrolysis) is 1. The topological polar surface area (TPSA) is 84.7 Å². The highest BCUT2D eigenvalue weighted by molar-refractivity contribution is 8.01. The van der Waals surface area contributed by atoms with Gasteiger partial charge in [0, 0.05) is 16.9 Å². The largest absolute Gasteiger partial charge is 0.425 e. The van der Waals surface area contributed by atoms with E-state index in [1.165, 1.54) is 11.8 Å². The van der Waals surface area contributed by atoms with Crippen molar-refractivity contribution in [2.45, 2.75) is 31.7 Å². The van der Waals surface area contributed by atoms with Crippen LogP contribution in [0.5, 0.6) is 0 Å². The van der Waals surface area contributed by atoms with E-state index in [-0.39, 0.29) is 5.91 Å². The van der Waals surface area contributed by atoms with Crippen LogP contribution in [0.2, 0.25) is 0 Å². The van der Waals surface area contributed by atoms with Crippen LogP contribution in [0, 0.1) is 0 Å². The summed E-state index contributed by atoms with van der Waals surface area (Å²) in [6.07, 6.45) is -0.595. The smallest absolute Gasteiger partial charge is 0.409 e. The monoisotopic (exact) mass is 309 g/mol. The van der Waals surface area contributed by atoms with Crippen LogP contribution in [-0.2, 0) is 9.53 Å². The number of carbonyl (C=O) groups excluding carboxylic acids is 2. The van der Waals surface area contributed by atoms with Crippen LogP contribution in [0.3, 0.4) is 0 Å². The lowest BCUT2D eigenvalue weighted by atomic mass is 10.1. The lowest BCUT2D eigenvalue weighted by Crippen LogP contribution is -2.43. The van der Waals surface area contributed by atoms with Gasteiger partial charge >= 0.3 is 6.09 Å². The van der Waals surface area contributed by atoms with Crippen LogP contribution < -0.4 is 16.0 Å². The number of benzene rings is 1. The molecule has 1 atom stereocenters. The molecule has 1 aliphatic rings. The minimum Gasteiger partial charge on any atom is -0.425 e. The van der Waals surface area contributed by atoms with Gasteiger partial charge in [-0.25, -0.2) is 4.79 Å². The van der Waals surface area contributed by atoms with Gasteiger partial charge in [-0.3, -0.25) is 9.69 Å². The molecule has 2 rings (SSSR count). The third kappa shape index (κ3) is 4.04. The first kappa shape index (κ1) is 15.5. The number of ether oxygens (including phenoxy) is 1. The Balaban J connectivity index is 2.00. The van der Waals surface area contributed by atoms with Crippen LogP contribution in [0.15, 0.2) is 24.3 Å². The second-order valence-electron chi connectivity index (χ2n) is 5.77. The Hall–Kier alpha value is -1.89. The van der Waals surface area contributed by atoms with Crippen LogP contribution >= 0.6 is 11.8 Å². The summed E-state index contributed by atoms with van der Waals surface area (Å²) >= 11 is 1.27. The average molecular weight is 309 g/mol. The summed E-state index contributed by atoms with van der Waals surface area (Å²) in [7, 11) is 0. The normalized spacial score (nSPS) is 18.7. The molecule has 0 spiro atoms. The summed E-state index contributed by atoms with van der Waals surface area (Å²) < 4.78 is 5.17. The lowest BCUT2D eigenvalue weighted by molar-refractivity contribution is -0.122. The third-order valence-electron chi connectivity index (χ3n) is 2.70. The molecule has 1 heterocycles. The van der Waals surface area contributed by atoms with Gasteiger partial charge in [-0.15, -0.1) is 0 Å². The second kappa shape index (κ2) is 5.85. The Morgan fingerprint density at radius 3 is 2.81 bits per heavy atom. The maximum absolute atomic E-state index is 12.3. The number of anilines is 2. The average Bonchev–Trinajstić information content (AvgIpc) is 2.68. The highest BCUT2D eigenvalue weighted by atomic mass is 32.2. The van der Waals surface area contributed by atoms with Gasteiger partial charge < -0.3 is 15.8 Å². The van der Waals surface area contributed by atoms with E-state index in [0.717, 1.165) is 0 Å². The van der Waals surface area contributed by atoms with Crippen molar-refractivity contribution >= 4 is 35.1 Å². The van der Waals surface area contributed by atoms with Crippen molar-refractivity contribution in [3.63, 3.8) is 0 Å². The van der Waals surface area contributed by atoms with Crippen molar-refractivity contribution in [3.8, 4) is 0 Å². The number of nitrogens with zero attached hydrogens (tertiary/aromatic N) is 1. The van der Waals surface area contributed by atoms with E-state index in [9.17, 15) is 9.59 Å². The second-order valence-corrected chi connectivity index (χ2v) is 6.79. The molecule has 2 amide bonds. The molecule has 1 aliphatic heterocycles. The Kier molecular flexibility index (Phi) is 4.32. The van der Waals surface area contributed by atoms with E-state index in [2.05, 4.69) is 5.32 Å². The number of amides is 2. The number of thioether (sulfide) groups is 1. The molecule has 1 unspecified atom stereocenters. The minimum absolute atomic E-state index is 0.255. The number of nitrogens with one attached hydrogen (secondary N) is 1. The van der Waals surface area contributed by atoms with Crippen molar-refractivity contribution in [1.82, 2.24) is 5.32 Å². The number of nitrogens with two attached hydrogens (primary N) is 1. The molecule has 7 heteroatoms. The van der Waals surface area contributed by atoms with Crippen molar-refractivity contribution in [3.05, 3.63) is 24.3 Å². The van der Waals surface area contributed by atoms with Gasteiger partial charge in [-0.1, -0.05) is 17.8 Å². The molecule has 1 saturated heterocycles. The molecule has 0 bridgehead atoms. The van der Waals surface area contributed by atoms with E-state index in [1.807, 2.05) is 20.8 Å². The van der Waals surface area contributed by atoms with Crippen molar-refractivity contribution in [1.29, 1.82) is 0 Å². The number of nitrogen functional groups attached to an aromatic ring is 1. The fourth-order valence-electron chi connectivity index (χ4n) is 1.82. The van der Waals surface area contributed by atoms with E-state index < -0.39 is 17.1 Å². The molecular weight excluding hydrogens is 290 g/mol. The fraction of sp³-hybridized carbons (Fsp3) is 0.429. The number of carbonyl (C=O) groups is 2. The van der Waals surface area contributed by atoms with E-state index in [4.69, 9.17) is 10.5 Å². The predicted octanol–water partition coefficient (Wildman–Crippen LogP) is 2.16. The standard InChI is InChI=1S/C14H19N3O3S/c1-14(2,3)16-13(19)20-12-11(18)17(8-21-12)10-6-4-5-9(15)7-10/h4-7,12H,8,15H2,1-3H3,(H,16,19). The molecular formula is C14H19N3O3S. The molecule has 21 heavy (non-hydrogen) atoms. The molecule has 1 fully saturated rings. The molecule has 1 aromatic rings. The number of rotatable bonds is 2. The van der Waals surface area contributed by atoms with Gasteiger partial charge in [0.2, 0.25) is 5.44 Å². The Morgan fingerprint density at radius 1 is 1.48 bits per heavy atom. The van der Waals surface area contributed by atoms with Crippen LogP contribution in [-0.4, -0.2) is 28.9 Å². The highest BCUT2D eigenvalue weighted by Crippen LogP contribution is 2.30. The Labute approximate surface area is 128 Å². The van der Waals surface area contributed by atoms with E-state index >= 15 is 0 Å². The summed E-state index contributed by atoms with van der Waals surface area (Å²) in [5.74, 6) is 0.171. The first-order chi connectivity index (χ1) is 9.76. The van der Waals surface area contributed by atoms with Crippen molar-refractivity contribution in [2.75, 3.05) is 16.5 Å². The fourth-order valence-corrected chi connectivity index (χ4v) is 2.80. The Bertz CT molecular complexity index is 557. The molecule has 6 nitrogen and oxygen atoms in total. The van der Waals surface area contributed by atoms with Gasteiger partial charge in [-0.2, -0.15) is 0 Å². The summed E-state index contributed by atoms with van der Waals surface area (Å²) in [4.78, 5) is 25.5. The third-order valence-corrected chi connectivity index (χ3v) is 3.70. The highest BCUT2D eigenvalue weighted by Gasteiger charge is 2.36. The number of hydrogen-bond donors (Lipinski definition) is 2. The predicted molar refractivity (Wildman–Crippen MR) is 84.0 cm³/mol. The summed E-state index contributed by atoms with van der Waals surface area (Å²) in [5.41, 5.74) is 5.77. The van der Waals surface area contributed by atoms with Crippen LogP contribution in [0.4, 0.5) is 16.2 Å². The maximum Gasteiger partial charge on any atom is 0.409 e. The Morgan fingerprint density at radius 2 is 2.19 bits per heavy atom. The minimum atomic E-state index is -0.825. The first-order valence-corrected chi connectivity index (χ1v) is 7.58. The molecule has 0 saturated carbocycles. The molecule has 0 radical (unpaired) electrons. The van der Waals surface area contributed by atoms with Crippen LogP contribution in [0.1, 0.15) is 20.8 Å². The van der Waals surface area contributed by atoms with Crippen molar-refractivity contribution < 1.29 is 14.3 Å². The van der Waals surface area contributed by atoms with Crippen molar-refractivity contribution in [2.24, 2.45) is 0 Å². The SMILES string of the molecule is CC(C)(C)NC(=O)OC1SCN(c2cccc(N)c2)C1=O. The summed E-state index contributed by atoms with van der Waals surface area (Å²) in [6, 6.07) is 7.05.